The van der Waals surface area contributed by atoms with E-state index in [9.17, 15) is 14.7 Å². The van der Waals surface area contributed by atoms with E-state index >= 15 is 0 Å². The summed E-state index contributed by atoms with van der Waals surface area (Å²) in [7, 11) is 0. The van der Waals surface area contributed by atoms with E-state index in [0.29, 0.717) is 24.5 Å². The number of carbonyl (C=O) groups excluding carboxylic acids is 2. The van der Waals surface area contributed by atoms with E-state index in [-0.39, 0.29) is 36.7 Å². The van der Waals surface area contributed by atoms with Crippen molar-refractivity contribution in [1.29, 1.82) is 0 Å². The number of fused-ring (bicyclic) bond motifs is 2. The zero-order chi connectivity index (χ0) is 52.8. The molecule has 0 aromatic heterocycles. The van der Waals surface area contributed by atoms with Crippen LogP contribution in [0.5, 0.6) is 0 Å². The summed E-state index contributed by atoms with van der Waals surface area (Å²) in [6.45, 7) is 16.9. The van der Waals surface area contributed by atoms with Gasteiger partial charge in [0, 0.05) is 102 Å². The Bertz CT molecular complexity index is 2940. The summed E-state index contributed by atoms with van der Waals surface area (Å²) in [6, 6.07) is 54.3. The largest absolute Gasteiger partial charge is 0.395 e. The highest BCUT2D eigenvalue weighted by Gasteiger charge is 2.51. The highest BCUT2D eigenvalue weighted by molar-refractivity contribution is 5.90. The van der Waals surface area contributed by atoms with Crippen LogP contribution in [-0.2, 0) is 0 Å². The van der Waals surface area contributed by atoms with Crippen LogP contribution in [0, 0.1) is 37.5 Å². The van der Waals surface area contributed by atoms with Crippen molar-refractivity contribution in [1.82, 2.24) is 24.5 Å². The minimum Gasteiger partial charge on any atom is -0.395 e. The second-order valence-corrected chi connectivity index (χ2v) is 20.8. The maximum atomic E-state index is 13.4. The van der Waals surface area contributed by atoms with Crippen LogP contribution in [0.1, 0.15) is 95.9 Å². The Morgan fingerprint density at radius 3 is 1.26 bits per heavy atom. The molecule has 0 spiro atoms. The predicted octanol–water partition coefficient (Wildman–Crippen LogP) is 11.1. The molecule has 4 aliphatic rings. The van der Waals surface area contributed by atoms with Gasteiger partial charge < -0.3 is 30.4 Å². The monoisotopic (exact) mass is 1010 g/mol. The van der Waals surface area contributed by atoms with E-state index < -0.39 is 0 Å². The average molecular weight is 1010 g/mol. The molecule has 4 amide bonds. The Balaban J connectivity index is 0.000000187. The van der Waals surface area contributed by atoms with E-state index in [1.165, 1.54) is 22.3 Å². The second-order valence-electron chi connectivity index (χ2n) is 20.8. The van der Waals surface area contributed by atoms with Crippen molar-refractivity contribution in [3.63, 3.8) is 0 Å². The van der Waals surface area contributed by atoms with Crippen LogP contribution in [0.4, 0.5) is 21.0 Å². The lowest BCUT2D eigenvalue weighted by Crippen LogP contribution is -2.69. The number of nitrogens with one attached hydrogen (secondary N) is 2. The molecule has 10 nitrogen and oxygen atoms in total. The summed E-state index contributed by atoms with van der Waals surface area (Å²) in [5, 5.41) is 16.4. The molecule has 76 heavy (non-hydrogen) atoms. The van der Waals surface area contributed by atoms with E-state index in [0.717, 1.165) is 112 Å². The number of rotatable bonds is 9. The molecule has 6 aromatic carbocycles. The van der Waals surface area contributed by atoms with Gasteiger partial charge in [-0.3, -0.25) is 9.80 Å². The third kappa shape index (κ3) is 13.4. The third-order valence-corrected chi connectivity index (χ3v) is 15.9. The summed E-state index contributed by atoms with van der Waals surface area (Å²) in [4.78, 5) is 38.1. The Morgan fingerprint density at radius 1 is 0.500 bits per heavy atom. The molecule has 10 rings (SSSR count). The maximum Gasteiger partial charge on any atom is 0.321 e. The van der Waals surface area contributed by atoms with E-state index in [2.05, 4.69) is 118 Å². The quantitative estimate of drug-likeness (QED) is 0.125. The number of hydrogen-bond acceptors (Lipinski definition) is 6. The first kappa shape index (κ1) is 53.6. The molecule has 6 aromatic rings. The lowest BCUT2D eigenvalue weighted by Gasteiger charge is -2.58. The van der Waals surface area contributed by atoms with E-state index in [1.54, 1.807) is 0 Å². The number of anilines is 2. The van der Waals surface area contributed by atoms with Crippen LogP contribution < -0.4 is 10.6 Å². The first-order chi connectivity index (χ1) is 37.2. The van der Waals surface area contributed by atoms with Crippen molar-refractivity contribution < 1.29 is 14.7 Å². The van der Waals surface area contributed by atoms with Gasteiger partial charge in [0.25, 0.3) is 0 Å². The minimum atomic E-state index is -0.0570. The van der Waals surface area contributed by atoms with Crippen molar-refractivity contribution in [3.05, 3.63) is 202 Å². The molecule has 0 radical (unpaired) electrons. The zero-order valence-electron chi connectivity index (χ0n) is 44.9. The number of carbonyl (C=O) groups is 2. The number of benzene rings is 6. The number of aryl methyl sites for hydroxylation is 2. The molecule has 6 atom stereocenters. The Kier molecular flexibility index (Phi) is 18.4. The standard InChI is InChI=1S/C35H42N4O.C31H33N3O2/c1-4-37(5-2)25-32-34(30-19-17-29(18-20-30)16-15-28-11-7-6-8-12-28)33-26-38(23-9-10-24-39(32)33)35(40)36-31-21-13-27(3)14-22-31;1-23-9-17-27(18-10-23)32-31(36)33-19-5-6-20-34-28(21-33)30(29(34)22-35)26-15-13-25(14-16-26)12-11-24-7-3-2-4-8-24/h6-8,11-14,17-22,32-34H,4-5,9-10,23-26H2,1-3H3,(H,36,40);2-4,7-10,13-18,28-30,35H,5-6,19-22H2,1H3,(H,32,36)/t32-,33+,34+;28-,29+,30+/m10/s1. The number of amides is 4. The molecule has 4 heterocycles. The van der Waals surface area contributed by atoms with Crippen LogP contribution in [-0.4, -0.2) is 131 Å². The topological polar surface area (TPSA) is 94.6 Å². The Hall–Kier alpha value is -7.18. The predicted molar refractivity (Wildman–Crippen MR) is 309 cm³/mol. The smallest absolute Gasteiger partial charge is 0.321 e. The van der Waals surface area contributed by atoms with E-state index in [1.807, 2.05) is 126 Å². The summed E-state index contributed by atoms with van der Waals surface area (Å²) in [5.41, 5.74) is 10.6. The van der Waals surface area contributed by atoms with Crippen molar-refractivity contribution in [2.45, 2.75) is 89.4 Å². The third-order valence-electron chi connectivity index (χ3n) is 15.9. The van der Waals surface area contributed by atoms with Crippen LogP contribution in [0.2, 0.25) is 0 Å². The van der Waals surface area contributed by atoms with Gasteiger partial charge in [0.1, 0.15) is 0 Å². The minimum absolute atomic E-state index is 0.00294. The first-order valence-electron chi connectivity index (χ1n) is 27.6. The fourth-order valence-electron chi connectivity index (χ4n) is 11.6. The molecular weight excluding hydrogens is 939 g/mol. The second kappa shape index (κ2) is 26.0. The van der Waals surface area contributed by atoms with Gasteiger partial charge in [-0.2, -0.15) is 0 Å². The van der Waals surface area contributed by atoms with Gasteiger partial charge in [-0.25, -0.2) is 9.59 Å². The highest BCUT2D eigenvalue weighted by atomic mass is 16.3. The summed E-state index contributed by atoms with van der Waals surface area (Å²) in [6.07, 6.45) is 4.12. The van der Waals surface area contributed by atoms with Gasteiger partial charge in [-0.15, -0.1) is 0 Å². The summed E-state index contributed by atoms with van der Waals surface area (Å²) >= 11 is 0. The Morgan fingerprint density at radius 2 is 0.868 bits per heavy atom. The Labute approximate surface area is 452 Å². The molecule has 4 saturated heterocycles. The number of urea groups is 2. The van der Waals surface area contributed by atoms with Crippen LogP contribution in [0.3, 0.4) is 0 Å². The number of hydrogen-bond donors (Lipinski definition) is 3. The van der Waals surface area contributed by atoms with Crippen LogP contribution >= 0.6 is 0 Å². The molecule has 0 aliphatic carbocycles. The molecule has 0 saturated carbocycles. The van der Waals surface area contributed by atoms with Gasteiger partial charge in [0.15, 0.2) is 0 Å². The molecule has 4 fully saturated rings. The number of likely N-dealkylation sites (N-methyl/N-ethyl adjacent to an activating group) is 1. The lowest BCUT2D eigenvalue weighted by molar-refractivity contribution is -0.0585. The van der Waals surface area contributed by atoms with Gasteiger partial charge in [0.2, 0.25) is 0 Å². The van der Waals surface area contributed by atoms with Crippen LogP contribution in [0.25, 0.3) is 0 Å². The van der Waals surface area contributed by atoms with Gasteiger partial charge >= 0.3 is 12.1 Å². The maximum absolute atomic E-state index is 13.4. The van der Waals surface area contributed by atoms with Crippen molar-refractivity contribution in [2.75, 3.05) is 76.1 Å². The fourth-order valence-corrected chi connectivity index (χ4v) is 11.6. The molecular formula is C66H75N7O3. The number of nitrogens with zero attached hydrogens (tertiary/aromatic N) is 5. The summed E-state index contributed by atoms with van der Waals surface area (Å²) in [5.74, 6) is 13.6. The zero-order valence-corrected chi connectivity index (χ0v) is 44.9. The summed E-state index contributed by atoms with van der Waals surface area (Å²) < 4.78 is 0. The average Bonchev–Trinajstić information content (AvgIpc) is 3.53. The van der Waals surface area contributed by atoms with Gasteiger partial charge in [0.05, 0.1) is 6.61 Å². The van der Waals surface area contributed by atoms with Gasteiger partial charge in [-0.1, -0.05) is 134 Å². The first-order valence-corrected chi connectivity index (χ1v) is 27.6. The molecule has 392 valence electrons. The molecule has 4 aliphatic heterocycles. The van der Waals surface area contributed by atoms with Crippen molar-refractivity contribution >= 4 is 23.4 Å². The molecule has 10 heteroatoms. The number of aliphatic hydroxyl groups excluding tert-OH is 1. The molecule has 0 unspecified atom stereocenters. The van der Waals surface area contributed by atoms with Crippen molar-refractivity contribution in [2.24, 2.45) is 0 Å². The lowest BCUT2D eigenvalue weighted by atomic mass is 9.73. The highest BCUT2D eigenvalue weighted by Crippen LogP contribution is 2.44. The normalized spacial score (nSPS) is 21.3. The SMILES string of the molecule is CCN(CC)C[C@@H]1[C@H](c2ccc(C#Cc3ccccc3)cc2)[C@@H]2CN(C(=O)Nc3ccc(C)cc3)CCCCN12.Cc1ccc(NC(=O)N2CCCCN3[C@H](CO)[C@H](c4ccc(C#Cc5ccccc5)cc4)[C@@H]3C2)cc1. The van der Waals surface area contributed by atoms with Crippen molar-refractivity contribution in [3.8, 4) is 23.7 Å². The molecule has 3 N–H and O–H groups in total. The molecule has 0 bridgehead atoms. The van der Waals surface area contributed by atoms with E-state index in [4.69, 9.17) is 0 Å². The van der Waals surface area contributed by atoms with Crippen LogP contribution in [0.15, 0.2) is 158 Å². The fraction of sp³-hybridized carbons (Fsp3) is 0.364. The number of aliphatic hydroxyl groups is 1. The van der Waals surface area contributed by atoms with Gasteiger partial charge in [-0.05, 0) is 150 Å².